The number of benzene rings is 2. The molecule has 0 aliphatic carbocycles. The summed E-state index contributed by atoms with van der Waals surface area (Å²) < 4.78 is 32.3. The fourth-order valence-corrected chi connectivity index (χ4v) is 1.72. The lowest BCUT2D eigenvalue weighted by molar-refractivity contribution is 0.102. The lowest BCUT2D eigenvalue weighted by Gasteiger charge is -2.07. The van der Waals surface area contributed by atoms with Crippen LogP contribution in [0.4, 0.5) is 8.78 Å². The van der Waals surface area contributed by atoms with Crippen LogP contribution in [0.3, 0.4) is 0 Å². The van der Waals surface area contributed by atoms with E-state index in [0.29, 0.717) is 17.7 Å². The van der Waals surface area contributed by atoms with Crippen molar-refractivity contribution < 1.29 is 13.5 Å². The van der Waals surface area contributed by atoms with Gasteiger partial charge in [-0.05, 0) is 17.7 Å². The van der Waals surface area contributed by atoms with Gasteiger partial charge in [0, 0.05) is 17.7 Å². The summed E-state index contributed by atoms with van der Waals surface area (Å²) in [6.45, 7) is 0.517. The second kappa shape index (κ2) is 6.41. The molecule has 2 aromatic carbocycles. The Morgan fingerprint density at radius 1 is 0.895 bits per heavy atom. The molecule has 100 valence electrons. The Balaban J connectivity index is 1.94. The predicted octanol–water partition coefficient (Wildman–Crippen LogP) is 3.14. The summed E-state index contributed by atoms with van der Waals surface area (Å²) in [5.41, 5.74) is 7.05. The first-order valence-electron chi connectivity index (χ1n) is 5.99. The molecule has 0 bridgehead atoms. The largest absolute Gasteiger partial charge is 0.372 e. The van der Waals surface area contributed by atoms with Crippen molar-refractivity contribution in [2.45, 2.75) is 19.8 Å². The van der Waals surface area contributed by atoms with Gasteiger partial charge in [-0.15, -0.1) is 0 Å². The smallest absolute Gasteiger partial charge is 0.129 e. The van der Waals surface area contributed by atoms with Gasteiger partial charge < -0.3 is 10.5 Å². The van der Waals surface area contributed by atoms with Crippen LogP contribution in [0.25, 0.3) is 0 Å². The number of ether oxygens (including phenoxy) is 1. The second-order valence-corrected chi connectivity index (χ2v) is 4.21. The van der Waals surface area contributed by atoms with Crippen LogP contribution in [0.1, 0.15) is 16.7 Å². The Kier molecular flexibility index (Phi) is 4.60. The quantitative estimate of drug-likeness (QED) is 0.899. The van der Waals surface area contributed by atoms with Crippen molar-refractivity contribution in [2.75, 3.05) is 0 Å². The summed E-state index contributed by atoms with van der Waals surface area (Å²) in [7, 11) is 0. The van der Waals surface area contributed by atoms with Gasteiger partial charge in [0.2, 0.25) is 0 Å². The standard InChI is InChI=1S/C15H15F2NO/c16-14-4-2-1-3-12(14)9-19-10-13-6-5-11(8-18)7-15(13)17/h1-7H,8-10,18H2. The van der Waals surface area contributed by atoms with Gasteiger partial charge in [-0.1, -0.05) is 30.3 Å². The number of nitrogens with two attached hydrogens (primary N) is 1. The van der Waals surface area contributed by atoms with Crippen LogP contribution in [-0.4, -0.2) is 0 Å². The number of hydrogen-bond acceptors (Lipinski definition) is 2. The molecule has 0 aliphatic rings. The molecule has 19 heavy (non-hydrogen) atoms. The minimum atomic E-state index is -0.350. The first kappa shape index (κ1) is 13.6. The van der Waals surface area contributed by atoms with E-state index in [2.05, 4.69) is 0 Å². The van der Waals surface area contributed by atoms with Gasteiger partial charge in [-0.25, -0.2) is 8.78 Å². The van der Waals surface area contributed by atoms with Gasteiger partial charge in [-0.3, -0.25) is 0 Å². The Morgan fingerprint density at radius 3 is 2.21 bits per heavy atom. The van der Waals surface area contributed by atoms with Crippen molar-refractivity contribution in [1.29, 1.82) is 0 Å². The highest BCUT2D eigenvalue weighted by atomic mass is 19.1. The average molecular weight is 263 g/mol. The zero-order valence-electron chi connectivity index (χ0n) is 10.4. The highest BCUT2D eigenvalue weighted by molar-refractivity contribution is 5.24. The van der Waals surface area contributed by atoms with Crippen LogP contribution in [0.2, 0.25) is 0 Å². The predicted molar refractivity (Wildman–Crippen MR) is 69.2 cm³/mol. The van der Waals surface area contributed by atoms with Crippen LogP contribution in [-0.2, 0) is 24.5 Å². The third-order valence-electron chi connectivity index (χ3n) is 2.83. The molecule has 0 atom stereocenters. The number of hydrogen-bond donors (Lipinski definition) is 1. The molecule has 2 rings (SSSR count). The third-order valence-corrected chi connectivity index (χ3v) is 2.83. The van der Waals surface area contributed by atoms with Gasteiger partial charge in [0.05, 0.1) is 13.2 Å². The van der Waals surface area contributed by atoms with Crippen molar-refractivity contribution in [3.8, 4) is 0 Å². The van der Waals surface area contributed by atoms with Crippen LogP contribution in [0.15, 0.2) is 42.5 Å². The zero-order valence-corrected chi connectivity index (χ0v) is 10.4. The molecule has 4 heteroatoms. The first-order chi connectivity index (χ1) is 9.20. The first-order valence-corrected chi connectivity index (χ1v) is 5.99. The van der Waals surface area contributed by atoms with Crippen molar-refractivity contribution in [1.82, 2.24) is 0 Å². The maximum Gasteiger partial charge on any atom is 0.129 e. The molecule has 0 amide bonds. The minimum Gasteiger partial charge on any atom is -0.372 e. The molecule has 0 saturated heterocycles. The topological polar surface area (TPSA) is 35.2 Å². The highest BCUT2D eigenvalue weighted by Gasteiger charge is 2.05. The minimum absolute atomic E-state index is 0.102. The van der Waals surface area contributed by atoms with Crippen molar-refractivity contribution >= 4 is 0 Å². The molecule has 2 N–H and O–H groups in total. The van der Waals surface area contributed by atoms with Crippen molar-refractivity contribution in [3.05, 3.63) is 70.8 Å². The maximum absolute atomic E-state index is 13.6. The van der Waals surface area contributed by atoms with Gasteiger partial charge >= 0.3 is 0 Å². The molecule has 0 radical (unpaired) electrons. The molecule has 0 saturated carbocycles. The Bertz CT molecular complexity index is 558. The highest BCUT2D eigenvalue weighted by Crippen LogP contribution is 2.13. The molecule has 0 fully saturated rings. The van der Waals surface area contributed by atoms with E-state index < -0.39 is 0 Å². The van der Waals surface area contributed by atoms with Crippen LogP contribution in [0, 0.1) is 11.6 Å². The SMILES string of the molecule is NCc1ccc(COCc2ccccc2F)c(F)c1. The van der Waals surface area contributed by atoms with E-state index in [4.69, 9.17) is 10.5 Å². The van der Waals surface area contributed by atoms with Crippen molar-refractivity contribution in [2.24, 2.45) is 5.73 Å². The molecule has 0 unspecified atom stereocenters. The van der Waals surface area contributed by atoms with Crippen LogP contribution >= 0.6 is 0 Å². The lowest BCUT2D eigenvalue weighted by atomic mass is 10.1. The number of rotatable bonds is 5. The van der Waals surface area contributed by atoms with E-state index in [1.165, 1.54) is 12.1 Å². The summed E-state index contributed by atoms with van der Waals surface area (Å²) in [6.07, 6.45) is 0. The van der Waals surface area contributed by atoms with E-state index in [1.807, 2.05) is 0 Å². The summed E-state index contributed by atoms with van der Waals surface area (Å²) in [5, 5.41) is 0. The summed E-state index contributed by atoms with van der Waals surface area (Å²) in [6, 6.07) is 11.1. The Morgan fingerprint density at radius 2 is 1.58 bits per heavy atom. The Hall–Kier alpha value is -1.78. The van der Waals surface area contributed by atoms with Gasteiger partial charge in [0.1, 0.15) is 11.6 Å². The number of halogens is 2. The van der Waals surface area contributed by atoms with E-state index >= 15 is 0 Å². The van der Waals surface area contributed by atoms with Gasteiger partial charge in [0.25, 0.3) is 0 Å². The van der Waals surface area contributed by atoms with E-state index in [9.17, 15) is 8.78 Å². The van der Waals surface area contributed by atoms with E-state index in [-0.39, 0.29) is 24.8 Å². The van der Waals surface area contributed by atoms with Gasteiger partial charge in [0.15, 0.2) is 0 Å². The molecule has 0 heterocycles. The summed E-state index contributed by atoms with van der Waals surface area (Å²) in [5.74, 6) is -0.669. The maximum atomic E-state index is 13.6. The lowest BCUT2D eigenvalue weighted by Crippen LogP contribution is -2.01. The Labute approximate surface area is 110 Å². The van der Waals surface area contributed by atoms with Gasteiger partial charge in [-0.2, -0.15) is 0 Å². The fraction of sp³-hybridized carbons (Fsp3) is 0.200. The molecule has 2 nitrogen and oxygen atoms in total. The van der Waals surface area contributed by atoms with E-state index in [0.717, 1.165) is 5.56 Å². The summed E-state index contributed by atoms with van der Waals surface area (Å²) in [4.78, 5) is 0. The monoisotopic (exact) mass is 263 g/mol. The molecule has 0 aliphatic heterocycles. The molecule has 2 aromatic rings. The molecule has 0 spiro atoms. The molecule has 0 aromatic heterocycles. The molecular formula is C15H15F2NO. The van der Waals surface area contributed by atoms with Crippen LogP contribution < -0.4 is 5.73 Å². The zero-order chi connectivity index (χ0) is 13.7. The van der Waals surface area contributed by atoms with Crippen molar-refractivity contribution in [3.63, 3.8) is 0 Å². The average Bonchev–Trinajstić information content (AvgIpc) is 2.42. The van der Waals surface area contributed by atoms with E-state index in [1.54, 1.807) is 30.3 Å². The third kappa shape index (κ3) is 3.59. The second-order valence-electron chi connectivity index (χ2n) is 4.21. The molecular weight excluding hydrogens is 248 g/mol. The van der Waals surface area contributed by atoms with Crippen LogP contribution in [0.5, 0.6) is 0 Å². The summed E-state index contributed by atoms with van der Waals surface area (Å²) >= 11 is 0. The normalized spacial score (nSPS) is 10.7. The fourth-order valence-electron chi connectivity index (χ4n) is 1.72.